The zero-order chi connectivity index (χ0) is 15.2. The number of rotatable bonds is 6. The van der Waals surface area contributed by atoms with Gasteiger partial charge < -0.3 is 10.1 Å². The highest BCUT2D eigenvalue weighted by Gasteiger charge is 2.24. The van der Waals surface area contributed by atoms with Crippen LogP contribution in [0.3, 0.4) is 0 Å². The first-order valence-electron chi connectivity index (χ1n) is 7.09. The quantitative estimate of drug-likeness (QED) is 0.765. The monoisotopic (exact) mass is 379 g/mol. The van der Waals surface area contributed by atoms with Gasteiger partial charge in [0.15, 0.2) is 0 Å². The van der Waals surface area contributed by atoms with E-state index >= 15 is 0 Å². The van der Waals surface area contributed by atoms with E-state index in [0.717, 1.165) is 16.5 Å². The van der Waals surface area contributed by atoms with Crippen molar-refractivity contribution in [3.05, 3.63) is 28.2 Å². The number of alkyl halides is 2. The Morgan fingerprint density at radius 1 is 1.38 bits per heavy atom. The van der Waals surface area contributed by atoms with Crippen molar-refractivity contribution in [2.45, 2.75) is 50.1 Å². The Kier molecular flexibility index (Phi) is 6.76. The number of hydrogen-bond acceptors (Lipinski definition) is 3. The van der Waals surface area contributed by atoms with Gasteiger partial charge in [0, 0.05) is 27.9 Å². The smallest absolute Gasteiger partial charge is 0.387 e. The lowest BCUT2D eigenvalue weighted by molar-refractivity contribution is -0.0505. The fourth-order valence-electron chi connectivity index (χ4n) is 2.75. The van der Waals surface area contributed by atoms with Crippen LogP contribution in [0.2, 0.25) is 0 Å². The molecule has 6 heteroatoms. The molecule has 0 spiro atoms. The maximum absolute atomic E-state index is 12.5. The summed E-state index contributed by atoms with van der Waals surface area (Å²) >= 11 is 5.26. The fraction of sp³-hybridized carbons (Fsp3) is 0.600. The molecule has 0 saturated heterocycles. The van der Waals surface area contributed by atoms with Gasteiger partial charge in [0.25, 0.3) is 0 Å². The highest BCUT2D eigenvalue weighted by molar-refractivity contribution is 9.10. The van der Waals surface area contributed by atoms with Gasteiger partial charge in [0.05, 0.1) is 0 Å². The SMILES string of the molecule is CSC1CCCCC1NCc1cc(Br)ccc1OC(F)F. The molecule has 1 N–H and O–H groups in total. The Morgan fingerprint density at radius 2 is 2.14 bits per heavy atom. The molecule has 0 bridgehead atoms. The van der Waals surface area contributed by atoms with E-state index < -0.39 is 6.61 Å². The van der Waals surface area contributed by atoms with Crippen LogP contribution in [0.25, 0.3) is 0 Å². The first-order valence-corrected chi connectivity index (χ1v) is 9.17. The second-order valence-electron chi connectivity index (χ2n) is 5.18. The minimum absolute atomic E-state index is 0.247. The summed E-state index contributed by atoms with van der Waals surface area (Å²) in [5, 5.41) is 4.12. The number of halogens is 3. The van der Waals surface area contributed by atoms with E-state index in [1.807, 2.05) is 17.8 Å². The Bertz CT molecular complexity index is 461. The van der Waals surface area contributed by atoms with Crippen LogP contribution in [-0.4, -0.2) is 24.2 Å². The maximum atomic E-state index is 12.5. The number of ether oxygens (including phenoxy) is 1. The van der Waals surface area contributed by atoms with Crippen LogP contribution in [0.1, 0.15) is 31.2 Å². The van der Waals surface area contributed by atoms with Crippen molar-refractivity contribution in [2.24, 2.45) is 0 Å². The number of nitrogens with one attached hydrogen (secondary N) is 1. The number of benzene rings is 1. The van der Waals surface area contributed by atoms with Crippen LogP contribution >= 0.6 is 27.7 Å². The summed E-state index contributed by atoms with van der Waals surface area (Å²) in [5.74, 6) is 0.247. The Hall–Kier alpha value is -0.330. The molecule has 1 fully saturated rings. The van der Waals surface area contributed by atoms with Crippen molar-refractivity contribution in [1.29, 1.82) is 0 Å². The van der Waals surface area contributed by atoms with E-state index in [2.05, 4.69) is 32.2 Å². The Balaban J connectivity index is 2.02. The second-order valence-corrected chi connectivity index (χ2v) is 7.17. The molecule has 2 atom stereocenters. The molecule has 0 aliphatic heterocycles. The Morgan fingerprint density at radius 3 is 2.86 bits per heavy atom. The van der Waals surface area contributed by atoms with Crippen molar-refractivity contribution in [1.82, 2.24) is 5.32 Å². The summed E-state index contributed by atoms with van der Waals surface area (Å²) < 4.78 is 30.4. The highest BCUT2D eigenvalue weighted by Crippen LogP contribution is 2.29. The van der Waals surface area contributed by atoms with Crippen LogP contribution in [0.4, 0.5) is 8.78 Å². The molecule has 1 saturated carbocycles. The van der Waals surface area contributed by atoms with Gasteiger partial charge in [-0.05, 0) is 37.3 Å². The molecule has 21 heavy (non-hydrogen) atoms. The van der Waals surface area contributed by atoms with Crippen molar-refractivity contribution < 1.29 is 13.5 Å². The molecular formula is C15H20BrF2NOS. The van der Waals surface area contributed by atoms with E-state index in [0.29, 0.717) is 17.8 Å². The summed E-state index contributed by atoms with van der Waals surface area (Å²) in [6.45, 7) is -2.25. The zero-order valence-electron chi connectivity index (χ0n) is 12.0. The van der Waals surface area contributed by atoms with E-state index in [9.17, 15) is 8.78 Å². The summed E-state index contributed by atoms with van der Waals surface area (Å²) in [4.78, 5) is 0. The topological polar surface area (TPSA) is 21.3 Å². The third kappa shape index (κ3) is 5.11. The molecule has 0 amide bonds. The number of thioether (sulfide) groups is 1. The van der Waals surface area contributed by atoms with Crippen LogP contribution in [-0.2, 0) is 6.54 Å². The zero-order valence-corrected chi connectivity index (χ0v) is 14.4. The Labute approximate surface area is 137 Å². The summed E-state index contributed by atoms with van der Waals surface area (Å²) in [6.07, 6.45) is 7.01. The largest absolute Gasteiger partial charge is 0.434 e. The normalized spacial score (nSPS) is 22.5. The standard InChI is InChI=1S/C15H20BrF2NOS/c1-21-14-5-3-2-4-12(14)19-9-10-8-11(16)6-7-13(10)20-15(17)18/h6-8,12,14-15,19H,2-5,9H2,1H3. The van der Waals surface area contributed by atoms with Gasteiger partial charge in [-0.2, -0.15) is 20.5 Å². The fourth-order valence-corrected chi connectivity index (χ4v) is 4.12. The van der Waals surface area contributed by atoms with Crippen molar-refractivity contribution in [3.63, 3.8) is 0 Å². The van der Waals surface area contributed by atoms with Gasteiger partial charge in [-0.3, -0.25) is 0 Å². The van der Waals surface area contributed by atoms with E-state index in [1.165, 1.54) is 19.3 Å². The predicted octanol–water partition coefficient (Wildman–Crippen LogP) is 4.81. The minimum atomic E-state index is -2.79. The molecule has 0 radical (unpaired) electrons. The first kappa shape index (κ1) is 17.0. The average molecular weight is 380 g/mol. The maximum Gasteiger partial charge on any atom is 0.387 e. The van der Waals surface area contributed by atoms with Crippen LogP contribution in [0, 0.1) is 0 Å². The van der Waals surface area contributed by atoms with Crippen molar-refractivity contribution in [2.75, 3.05) is 6.26 Å². The molecule has 1 aromatic carbocycles. The van der Waals surface area contributed by atoms with Gasteiger partial charge in [0.1, 0.15) is 5.75 Å². The lowest BCUT2D eigenvalue weighted by Crippen LogP contribution is -2.40. The third-order valence-electron chi connectivity index (χ3n) is 3.80. The van der Waals surface area contributed by atoms with Gasteiger partial charge in [0.2, 0.25) is 0 Å². The van der Waals surface area contributed by atoms with Gasteiger partial charge in [-0.25, -0.2) is 0 Å². The van der Waals surface area contributed by atoms with E-state index in [-0.39, 0.29) is 5.75 Å². The van der Waals surface area contributed by atoms with Crippen LogP contribution in [0.5, 0.6) is 5.75 Å². The minimum Gasteiger partial charge on any atom is -0.434 e. The predicted molar refractivity (Wildman–Crippen MR) is 87.2 cm³/mol. The summed E-state index contributed by atoms with van der Waals surface area (Å²) in [6, 6.07) is 5.57. The highest BCUT2D eigenvalue weighted by atomic mass is 79.9. The molecule has 1 aliphatic rings. The lowest BCUT2D eigenvalue weighted by atomic mass is 9.94. The first-order chi connectivity index (χ1) is 10.1. The van der Waals surface area contributed by atoms with Gasteiger partial charge in [-0.15, -0.1) is 0 Å². The molecule has 1 aliphatic carbocycles. The molecule has 118 valence electrons. The summed E-state index contributed by atoms with van der Waals surface area (Å²) in [7, 11) is 0. The average Bonchev–Trinajstić information content (AvgIpc) is 2.47. The third-order valence-corrected chi connectivity index (χ3v) is 5.46. The van der Waals surface area contributed by atoms with Crippen LogP contribution in [0.15, 0.2) is 22.7 Å². The van der Waals surface area contributed by atoms with Crippen LogP contribution < -0.4 is 10.1 Å². The van der Waals surface area contributed by atoms with Gasteiger partial charge >= 0.3 is 6.61 Å². The molecule has 0 heterocycles. The summed E-state index contributed by atoms with van der Waals surface area (Å²) in [5.41, 5.74) is 0.759. The molecule has 2 rings (SSSR count). The second kappa shape index (κ2) is 8.34. The molecular weight excluding hydrogens is 360 g/mol. The van der Waals surface area contributed by atoms with Crippen molar-refractivity contribution >= 4 is 27.7 Å². The molecule has 1 aromatic rings. The molecule has 2 nitrogen and oxygen atoms in total. The van der Waals surface area contributed by atoms with E-state index in [4.69, 9.17) is 0 Å². The van der Waals surface area contributed by atoms with Crippen molar-refractivity contribution in [3.8, 4) is 5.75 Å². The molecule has 2 unspecified atom stereocenters. The van der Waals surface area contributed by atoms with E-state index in [1.54, 1.807) is 12.1 Å². The lowest BCUT2D eigenvalue weighted by Gasteiger charge is -2.31. The number of hydrogen-bond donors (Lipinski definition) is 1. The molecule has 0 aromatic heterocycles. The van der Waals surface area contributed by atoms with Gasteiger partial charge in [-0.1, -0.05) is 28.8 Å².